The molecule has 3 heterocycles. The highest BCUT2D eigenvalue weighted by molar-refractivity contribution is 5.88. The Morgan fingerprint density at radius 3 is 2.68 bits per heavy atom. The molecule has 1 aliphatic rings. The van der Waals surface area contributed by atoms with E-state index < -0.39 is 5.97 Å². The number of hydrogen-bond acceptors (Lipinski definition) is 5. The van der Waals surface area contributed by atoms with Gasteiger partial charge < -0.3 is 10.0 Å². The van der Waals surface area contributed by atoms with E-state index in [9.17, 15) is 14.7 Å². The second-order valence-corrected chi connectivity index (χ2v) is 8.33. The van der Waals surface area contributed by atoms with Crippen LogP contribution in [-0.4, -0.2) is 49.9 Å². The second kappa shape index (κ2) is 8.04. The summed E-state index contributed by atoms with van der Waals surface area (Å²) in [6.45, 7) is 7.34. The Bertz CT molecular complexity index is 876. The minimum atomic E-state index is -1.02. The Labute approximate surface area is 164 Å². The zero-order valence-corrected chi connectivity index (χ0v) is 16.6. The van der Waals surface area contributed by atoms with E-state index in [4.69, 9.17) is 0 Å². The van der Waals surface area contributed by atoms with Crippen molar-refractivity contribution in [3.8, 4) is 11.3 Å². The molecule has 148 valence electrons. The molecule has 1 amide bonds. The molecule has 7 nitrogen and oxygen atoms in total. The number of likely N-dealkylation sites (tertiary alicyclic amines) is 1. The first-order valence-electron chi connectivity index (χ1n) is 9.53. The topological polar surface area (TPSA) is 96.3 Å². The fourth-order valence-corrected chi connectivity index (χ4v) is 3.61. The molecule has 1 N–H and O–H groups in total. The third-order valence-electron chi connectivity index (χ3n) is 4.96. The number of carboxylic acids is 1. The van der Waals surface area contributed by atoms with Gasteiger partial charge in [-0.3, -0.25) is 19.7 Å². The van der Waals surface area contributed by atoms with Crippen LogP contribution in [0.25, 0.3) is 11.3 Å². The summed E-state index contributed by atoms with van der Waals surface area (Å²) < 4.78 is 0. The van der Waals surface area contributed by atoms with Gasteiger partial charge in [-0.15, -0.1) is 0 Å². The first-order valence-corrected chi connectivity index (χ1v) is 9.53. The van der Waals surface area contributed by atoms with E-state index in [0.29, 0.717) is 30.1 Å². The van der Waals surface area contributed by atoms with Gasteiger partial charge in [0.1, 0.15) is 0 Å². The molecule has 1 aliphatic heterocycles. The minimum Gasteiger partial charge on any atom is -0.478 e. The molecule has 0 spiro atoms. The normalized spacial score (nSPS) is 17.4. The summed E-state index contributed by atoms with van der Waals surface area (Å²) in [4.78, 5) is 38.8. The van der Waals surface area contributed by atoms with E-state index in [-0.39, 0.29) is 16.9 Å². The van der Waals surface area contributed by atoms with Crippen molar-refractivity contribution in [1.82, 2.24) is 19.9 Å². The van der Waals surface area contributed by atoms with Crippen molar-refractivity contribution in [2.24, 2.45) is 11.3 Å². The number of pyridine rings is 1. The maximum absolute atomic E-state index is 12.6. The molecule has 0 radical (unpaired) electrons. The van der Waals surface area contributed by atoms with Crippen LogP contribution in [0.3, 0.4) is 0 Å². The summed E-state index contributed by atoms with van der Waals surface area (Å²) in [5, 5.41) is 9.22. The van der Waals surface area contributed by atoms with E-state index in [1.165, 1.54) is 6.20 Å². The summed E-state index contributed by atoms with van der Waals surface area (Å²) in [5.41, 5.74) is 1.83. The number of carbonyl (C=O) groups is 2. The van der Waals surface area contributed by atoms with Crippen LogP contribution in [0.1, 0.15) is 49.7 Å². The quantitative estimate of drug-likeness (QED) is 0.873. The van der Waals surface area contributed by atoms with Gasteiger partial charge in [0.25, 0.3) is 0 Å². The molecule has 3 rings (SSSR count). The van der Waals surface area contributed by atoms with Gasteiger partial charge in [-0.2, -0.15) is 0 Å². The smallest absolute Gasteiger partial charge is 0.337 e. The first kappa shape index (κ1) is 19.9. The fourth-order valence-electron chi connectivity index (χ4n) is 3.61. The number of piperidine rings is 1. The van der Waals surface area contributed by atoms with Crippen molar-refractivity contribution in [2.75, 3.05) is 13.1 Å². The van der Waals surface area contributed by atoms with Crippen molar-refractivity contribution in [3.05, 3.63) is 42.1 Å². The van der Waals surface area contributed by atoms with Crippen LogP contribution < -0.4 is 0 Å². The first-order chi connectivity index (χ1) is 13.3. The summed E-state index contributed by atoms with van der Waals surface area (Å²) in [7, 11) is 0. The lowest BCUT2D eigenvalue weighted by Gasteiger charge is -2.36. The number of nitrogens with zero attached hydrogens (tertiary/aromatic N) is 4. The van der Waals surface area contributed by atoms with Crippen LogP contribution in [0.5, 0.6) is 0 Å². The monoisotopic (exact) mass is 382 g/mol. The standard InChI is InChI=1S/C21H26N4O3/c1-21(2,3)20(28)25-8-4-5-14(13-25)9-17-18(24-7-6-23-17)15-10-16(19(26)27)12-22-11-15/h6-7,10-12,14H,4-5,8-9,13H2,1-3H3,(H,26,27)/t14-/m0/s1. The molecule has 0 bridgehead atoms. The Balaban J connectivity index is 1.81. The van der Waals surface area contributed by atoms with Gasteiger partial charge in [0.05, 0.1) is 17.0 Å². The molecule has 7 heteroatoms. The van der Waals surface area contributed by atoms with Gasteiger partial charge in [-0.1, -0.05) is 20.8 Å². The lowest BCUT2D eigenvalue weighted by molar-refractivity contribution is -0.141. The van der Waals surface area contributed by atoms with Crippen molar-refractivity contribution in [2.45, 2.75) is 40.0 Å². The summed E-state index contributed by atoms with van der Waals surface area (Å²) >= 11 is 0. The van der Waals surface area contributed by atoms with Crippen LogP contribution in [0.2, 0.25) is 0 Å². The molecule has 0 unspecified atom stereocenters. The molecule has 28 heavy (non-hydrogen) atoms. The predicted octanol–water partition coefficient (Wildman–Crippen LogP) is 3.06. The largest absolute Gasteiger partial charge is 0.478 e. The van der Waals surface area contributed by atoms with Gasteiger partial charge >= 0.3 is 5.97 Å². The van der Waals surface area contributed by atoms with Crippen LogP contribution in [0.4, 0.5) is 0 Å². The summed E-state index contributed by atoms with van der Waals surface area (Å²) in [5.74, 6) is -0.551. The summed E-state index contributed by atoms with van der Waals surface area (Å²) in [6.07, 6.45) is 8.86. The maximum Gasteiger partial charge on any atom is 0.337 e. The van der Waals surface area contributed by atoms with Gasteiger partial charge in [0.2, 0.25) is 5.91 Å². The van der Waals surface area contributed by atoms with Crippen molar-refractivity contribution in [3.63, 3.8) is 0 Å². The molecule has 1 atom stereocenters. The van der Waals surface area contributed by atoms with Crippen LogP contribution in [-0.2, 0) is 11.2 Å². The molecule has 0 aliphatic carbocycles. The highest BCUT2D eigenvalue weighted by atomic mass is 16.4. The lowest BCUT2D eigenvalue weighted by atomic mass is 9.88. The number of amides is 1. The Kier molecular flexibility index (Phi) is 5.72. The Hall–Kier alpha value is -2.83. The Morgan fingerprint density at radius 1 is 1.21 bits per heavy atom. The molecule has 1 fully saturated rings. The number of aromatic carboxylic acids is 1. The number of carbonyl (C=O) groups excluding carboxylic acids is 1. The van der Waals surface area contributed by atoms with Crippen LogP contribution in [0, 0.1) is 11.3 Å². The molecule has 2 aromatic heterocycles. The van der Waals surface area contributed by atoms with Gasteiger partial charge in [-0.25, -0.2) is 4.79 Å². The van der Waals surface area contributed by atoms with Crippen molar-refractivity contribution >= 4 is 11.9 Å². The number of aromatic nitrogens is 3. The van der Waals surface area contributed by atoms with Gasteiger partial charge in [-0.05, 0) is 31.2 Å². The van der Waals surface area contributed by atoms with E-state index in [0.717, 1.165) is 25.1 Å². The molecular formula is C21H26N4O3. The van der Waals surface area contributed by atoms with E-state index >= 15 is 0 Å². The van der Waals surface area contributed by atoms with Crippen molar-refractivity contribution in [1.29, 1.82) is 0 Å². The van der Waals surface area contributed by atoms with Gasteiger partial charge in [0, 0.05) is 48.9 Å². The fraction of sp³-hybridized carbons (Fsp3) is 0.476. The van der Waals surface area contributed by atoms with E-state index in [2.05, 4.69) is 15.0 Å². The predicted molar refractivity (Wildman–Crippen MR) is 105 cm³/mol. The highest BCUT2D eigenvalue weighted by Crippen LogP contribution is 2.28. The Morgan fingerprint density at radius 2 is 1.96 bits per heavy atom. The van der Waals surface area contributed by atoms with E-state index in [1.807, 2.05) is 25.7 Å². The van der Waals surface area contributed by atoms with Gasteiger partial charge in [0.15, 0.2) is 0 Å². The summed E-state index contributed by atoms with van der Waals surface area (Å²) in [6, 6.07) is 1.57. The average Bonchev–Trinajstić information content (AvgIpc) is 2.67. The molecule has 0 saturated carbocycles. The van der Waals surface area contributed by atoms with E-state index in [1.54, 1.807) is 24.7 Å². The zero-order valence-electron chi connectivity index (χ0n) is 16.6. The number of carboxylic acid groups (broad SMARTS) is 1. The average molecular weight is 382 g/mol. The SMILES string of the molecule is CC(C)(C)C(=O)N1CCC[C@@H](Cc2nccnc2-c2cncc(C(=O)O)c2)C1. The zero-order chi connectivity index (χ0) is 20.3. The number of hydrogen-bond donors (Lipinski definition) is 1. The second-order valence-electron chi connectivity index (χ2n) is 8.33. The third-order valence-corrected chi connectivity index (χ3v) is 4.96. The molecule has 2 aromatic rings. The highest BCUT2D eigenvalue weighted by Gasteiger charge is 2.31. The molecule has 1 saturated heterocycles. The van der Waals surface area contributed by atoms with Crippen LogP contribution in [0.15, 0.2) is 30.9 Å². The van der Waals surface area contributed by atoms with Crippen molar-refractivity contribution < 1.29 is 14.7 Å². The maximum atomic E-state index is 12.6. The lowest BCUT2D eigenvalue weighted by Crippen LogP contribution is -2.45. The molecular weight excluding hydrogens is 356 g/mol. The molecule has 0 aromatic carbocycles. The third kappa shape index (κ3) is 4.52. The minimum absolute atomic E-state index is 0.119. The van der Waals surface area contributed by atoms with Crippen LogP contribution >= 0.6 is 0 Å². The number of rotatable bonds is 4.